The van der Waals surface area contributed by atoms with Crippen molar-refractivity contribution in [3.05, 3.63) is 29.8 Å². The lowest BCUT2D eigenvalue weighted by atomic mass is 9.98. The molecule has 0 radical (unpaired) electrons. The second-order valence-corrected chi connectivity index (χ2v) is 6.39. The van der Waals surface area contributed by atoms with Crippen LogP contribution in [0.15, 0.2) is 24.3 Å². The molecule has 2 saturated carbocycles. The Labute approximate surface area is 124 Å². The first-order valence-corrected chi connectivity index (χ1v) is 7.69. The van der Waals surface area contributed by atoms with Gasteiger partial charge in [0, 0.05) is 11.6 Å². The third-order valence-corrected chi connectivity index (χ3v) is 4.94. The monoisotopic (exact) mass is 287 g/mol. The zero-order chi connectivity index (χ0) is 15.0. The summed E-state index contributed by atoms with van der Waals surface area (Å²) in [5.41, 5.74) is 1.79. The van der Waals surface area contributed by atoms with Crippen LogP contribution in [-0.2, 0) is 9.59 Å². The third kappa shape index (κ3) is 2.94. The van der Waals surface area contributed by atoms with Crippen molar-refractivity contribution in [2.24, 2.45) is 17.8 Å². The highest BCUT2D eigenvalue weighted by molar-refractivity contribution is 5.95. The maximum absolute atomic E-state index is 12.2. The van der Waals surface area contributed by atoms with E-state index in [1.807, 2.05) is 31.2 Å². The molecule has 2 fully saturated rings. The summed E-state index contributed by atoms with van der Waals surface area (Å²) in [4.78, 5) is 22.9. The number of nitrogens with one attached hydrogen (secondary N) is 1. The number of hydrogen-bond donors (Lipinski definition) is 2. The maximum Gasteiger partial charge on any atom is 0.303 e. The van der Waals surface area contributed by atoms with Crippen LogP contribution in [0.25, 0.3) is 0 Å². The molecule has 112 valence electrons. The number of benzene rings is 1. The SMILES string of the molecule is CC(CC(=O)O)c1ccc(NC(=O)C2C3CCCC32)cc1. The summed E-state index contributed by atoms with van der Waals surface area (Å²) in [6.45, 7) is 1.90. The summed E-state index contributed by atoms with van der Waals surface area (Å²) < 4.78 is 0. The normalized spacial score (nSPS) is 27.8. The molecule has 0 aromatic heterocycles. The van der Waals surface area contributed by atoms with Crippen LogP contribution in [-0.4, -0.2) is 17.0 Å². The predicted octanol–water partition coefficient (Wildman–Crippen LogP) is 3.25. The molecule has 0 saturated heterocycles. The second-order valence-electron chi connectivity index (χ2n) is 6.39. The summed E-state index contributed by atoms with van der Waals surface area (Å²) in [5, 5.41) is 11.8. The van der Waals surface area contributed by atoms with Crippen LogP contribution in [0.1, 0.15) is 44.1 Å². The van der Waals surface area contributed by atoms with Gasteiger partial charge in [-0.2, -0.15) is 0 Å². The van der Waals surface area contributed by atoms with Gasteiger partial charge in [0.15, 0.2) is 0 Å². The van der Waals surface area contributed by atoms with Crippen molar-refractivity contribution in [3.8, 4) is 0 Å². The minimum atomic E-state index is -0.792. The first-order valence-electron chi connectivity index (χ1n) is 7.69. The topological polar surface area (TPSA) is 66.4 Å². The highest BCUT2D eigenvalue weighted by Crippen LogP contribution is 2.57. The summed E-state index contributed by atoms with van der Waals surface area (Å²) in [6, 6.07) is 7.53. The summed E-state index contributed by atoms with van der Waals surface area (Å²) >= 11 is 0. The van der Waals surface area contributed by atoms with Crippen molar-refractivity contribution in [2.45, 2.75) is 38.5 Å². The van der Waals surface area contributed by atoms with Gasteiger partial charge in [-0.05, 0) is 48.3 Å². The standard InChI is InChI=1S/C17H21NO3/c1-10(9-15(19)20)11-5-7-12(8-6-11)18-17(21)16-13-3-2-4-14(13)16/h5-8,10,13-14,16H,2-4,9H2,1H3,(H,18,21)(H,19,20). The molecule has 4 nitrogen and oxygen atoms in total. The van der Waals surface area contributed by atoms with E-state index in [1.54, 1.807) is 0 Å². The van der Waals surface area contributed by atoms with Gasteiger partial charge in [0.05, 0.1) is 6.42 Å². The van der Waals surface area contributed by atoms with Gasteiger partial charge in [0.25, 0.3) is 0 Å². The maximum atomic E-state index is 12.2. The smallest absolute Gasteiger partial charge is 0.303 e. The number of carbonyl (C=O) groups excluding carboxylic acids is 1. The van der Waals surface area contributed by atoms with E-state index in [0.717, 1.165) is 11.3 Å². The number of fused-ring (bicyclic) bond motifs is 1. The minimum Gasteiger partial charge on any atom is -0.481 e. The summed E-state index contributed by atoms with van der Waals surface area (Å²) in [7, 11) is 0. The van der Waals surface area contributed by atoms with E-state index in [4.69, 9.17) is 5.11 Å². The lowest BCUT2D eigenvalue weighted by Gasteiger charge is -2.11. The molecule has 1 aromatic rings. The molecule has 0 aliphatic heterocycles. The second kappa shape index (κ2) is 5.51. The summed E-state index contributed by atoms with van der Waals surface area (Å²) in [6.07, 6.45) is 3.80. The fourth-order valence-corrected chi connectivity index (χ4v) is 3.71. The molecule has 3 unspecified atom stereocenters. The van der Waals surface area contributed by atoms with Crippen molar-refractivity contribution in [1.82, 2.24) is 0 Å². The molecular formula is C17H21NO3. The molecule has 2 N–H and O–H groups in total. The minimum absolute atomic E-state index is 0.0185. The van der Waals surface area contributed by atoms with Gasteiger partial charge in [-0.25, -0.2) is 0 Å². The van der Waals surface area contributed by atoms with Crippen molar-refractivity contribution < 1.29 is 14.7 Å². The van der Waals surface area contributed by atoms with E-state index in [-0.39, 0.29) is 24.2 Å². The molecule has 4 heteroatoms. The van der Waals surface area contributed by atoms with E-state index in [2.05, 4.69) is 5.32 Å². The fraction of sp³-hybridized carbons (Fsp3) is 0.529. The molecule has 21 heavy (non-hydrogen) atoms. The van der Waals surface area contributed by atoms with Gasteiger partial charge in [-0.1, -0.05) is 25.5 Å². The zero-order valence-electron chi connectivity index (χ0n) is 12.2. The molecule has 2 aliphatic carbocycles. The van der Waals surface area contributed by atoms with E-state index in [9.17, 15) is 9.59 Å². The molecule has 0 heterocycles. The number of aliphatic carboxylic acids is 1. The first kappa shape index (κ1) is 14.1. The van der Waals surface area contributed by atoms with Crippen LogP contribution >= 0.6 is 0 Å². The molecule has 0 spiro atoms. The predicted molar refractivity (Wildman–Crippen MR) is 80.1 cm³/mol. The van der Waals surface area contributed by atoms with E-state index < -0.39 is 5.97 Å². The van der Waals surface area contributed by atoms with Crippen LogP contribution in [0, 0.1) is 17.8 Å². The van der Waals surface area contributed by atoms with Gasteiger partial charge in [-0.15, -0.1) is 0 Å². The lowest BCUT2D eigenvalue weighted by Crippen LogP contribution is -2.16. The van der Waals surface area contributed by atoms with Crippen molar-refractivity contribution in [2.75, 3.05) is 5.32 Å². The Bertz CT molecular complexity index is 542. The van der Waals surface area contributed by atoms with Gasteiger partial charge >= 0.3 is 5.97 Å². The Hall–Kier alpha value is -1.84. The van der Waals surface area contributed by atoms with E-state index in [1.165, 1.54) is 19.3 Å². The molecular weight excluding hydrogens is 266 g/mol. The molecule has 3 rings (SSSR count). The van der Waals surface area contributed by atoms with Crippen LogP contribution in [0.5, 0.6) is 0 Å². The average molecular weight is 287 g/mol. The van der Waals surface area contributed by atoms with Crippen LogP contribution in [0.4, 0.5) is 5.69 Å². The number of amides is 1. The fourth-order valence-electron chi connectivity index (χ4n) is 3.71. The Balaban J connectivity index is 1.57. The van der Waals surface area contributed by atoms with Gasteiger partial charge in [0.1, 0.15) is 0 Å². The average Bonchev–Trinajstić information content (AvgIpc) is 2.93. The van der Waals surface area contributed by atoms with E-state index >= 15 is 0 Å². The zero-order valence-corrected chi connectivity index (χ0v) is 12.2. The van der Waals surface area contributed by atoms with Crippen molar-refractivity contribution in [3.63, 3.8) is 0 Å². The molecule has 1 aromatic carbocycles. The largest absolute Gasteiger partial charge is 0.481 e. The Kier molecular flexibility index (Phi) is 3.70. The van der Waals surface area contributed by atoms with Gasteiger partial charge in [0.2, 0.25) is 5.91 Å². The van der Waals surface area contributed by atoms with Crippen LogP contribution in [0.2, 0.25) is 0 Å². The summed E-state index contributed by atoms with van der Waals surface area (Å²) in [5.74, 6) is 0.815. The molecule has 3 atom stereocenters. The Morgan fingerprint density at radius 2 is 1.86 bits per heavy atom. The number of carboxylic acids is 1. The lowest BCUT2D eigenvalue weighted by molar-refractivity contribution is -0.137. The van der Waals surface area contributed by atoms with Gasteiger partial charge in [-0.3, -0.25) is 9.59 Å². The quantitative estimate of drug-likeness (QED) is 0.873. The van der Waals surface area contributed by atoms with Crippen LogP contribution < -0.4 is 5.32 Å². The van der Waals surface area contributed by atoms with E-state index in [0.29, 0.717) is 11.8 Å². The Morgan fingerprint density at radius 1 is 1.24 bits per heavy atom. The van der Waals surface area contributed by atoms with Crippen molar-refractivity contribution in [1.29, 1.82) is 0 Å². The number of rotatable bonds is 5. The number of hydrogen-bond acceptors (Lipinski definition) is 2. The first-order chi connectivity index (χ1) is 10.1. The third-order valence-electron chi connectivity index (χ3n) is 4.94. The highest BCUT2D eigenvalue weighted by Gasteiger charge is 2.56. The number of carboxylic acid groups (broad SMARTS) is 1. The highest BCUT2D eigenvalue weighted by atomic mass is 16.4. The Morgan fingerprint density at radius 3 is 2.43 bits per heavy atom. The van der Waals surface area contributed by atoms with Gasteiger partial charge < -0.3 is 10.4 Å². The van der Waals surface area contributed by atoms with Crippen molar-refractivity contribution >= 4 is 17.6 Å². The molecule has 1 amide bonds. The number of anilines is 1. The number of carbonyl (C=O) groups is 2. The molecule has 0 bridgehead atoms. The molecule has 2 aliphatic rings. The van der Waals surface area contributed by atoms with Crippen LogP contribution in [0.3, 0.4) is 0 Å².